The second kappa shape index (κ2) is 10.1. The van der Waals surface area contributed by atoms with Gasteiger partial charge in [-0.15, -0.1) is 0 Å². The summed E-state index contributed by atoms with van der Waals surface area (Å²) < 4.78 is 6.95. The van der Waals surface area contributed by atoms with Gasteiger partial charge in [-0.2, -0.15) is 5.10 Å². The fraction of sp³-hybridized carbons (Fsp3) is 0.227. The molecule has 0 atom stereocenters. The van der Waals surface area contributed by atoms with Gasteiger partial charge in [0.25, 0.3) is 11.8 Å². The molecule has 3 aromatic rings. The number of hydrazine groups is 1. The Balaban J connectivity index is 1.51. The number of hydrogen-bond acceptors (Lipinski definition) is 6. The van der Waals surface area contributed by atoms with Crippen LogP contribution in [-0.4, -0.2) is 26.5 Å². The molecule has 11 heteroatoms. The van der Waals surface area contributed by atoms with Crippen LogP contribution in [0.4, 0.5) is 5.69 Å². The zero-order valence-corrected chi connectivity index (χ0v) is 19.0. The molecule has 0 saturated heterocycles. The van der Waals surface area contributed by atoms with Gasteiger partial charge in [0.1, 0.15) is 30.3 Å². The highest BCUT2D eigenvalue weighted by Crippen LogP contribution is 2.22. The fourth-order valence-corrected chi connectivity index (χ4v) is 3.22. The lowest BCUT2D eigenvalue weighted by Gasteiger charge is -2.10. The van der Waals surface area contributed by atoms with Gasteiger partial charge in [0.05, 0.1) is 4.92 Å². The number of amides is 2. The molecule has 0 aliphatic carbocycles. The van der Waals surface area contributed by atoms with Gasteiger partial charge in [0, 0.05) is 10.6 Å². The Kier molecular flexibility index (Phi) is 7.29. The highest BCUT2D eigenvalue weighted by Gasteiger charge is 2.22. The highest BCUT2D eigenvalue weighted by atomic mass is 35.5. The predicted octanol–water partition coefficient (Wildman–Crippen LogP) is 3.41. The van der Waals surface area contributed by atoms with Crippen LogP contribution in [0.1, 0.15) is 32.9 Å². The Morgan fingerprint density at radius 3 is 2.42 bits per heavy atom. The minimum Gasteiger partial charge on any atom is -0.489 e. The van der Waals surface area contributed by atoms with E-state index in [-0.39, 0.29) is 23.6 Å². The quantitative estimate of drug-likeness (QED) is 0.401. The van der Waals surface area contributed by atoms with Crippen molar-refractivity contribution < 1.29 is 19.2 Å². The van der Waals surface area contributed by atoms with Crippen LogP contribution in [0.15, 0.2) is 42.5 Å². The van der Waals surface area contributed by atoms with Gasteiger partial charge in [-0.05, 0) is 62.2 Å². The van der Waals surface area contributed by atoms with Crippen LogP contribution < -0.4 is 15.6 Å². The van der Waals surface area contributed by atoms with Gasteiger partial charge in [0.15, 0.2) is 0 Å². The molecule has 0 spiro atoms. The number of ether oxygens (including phenoxy) is 1. The second-order valence-corrected chi connectivity index (χ2v) is 7.74. The number of nitrogens with one attached hydrogen (secondary N) is 2. The molecule has 3 rings (SSSR count). The van der Waals surface area contributed by atoms with Crippen molar-refractivity contribution in [3.63, 3.8) is 0 Å². The normalized spacial score (nSPS) is 10.5. The molecule has 172 valence electrons. The minimum atomic E-state index is -0.577. The number of halogens is 1. The molecule has 0 fully saturated rings. The van der Waals surface area contributed by atoms with Gasteiger partial charge in [-0.25, -0.2) is 0 Å². The first-order chi connectivity index (χ1) is 15.7. The maximum Gasteiger partial charge on any atom is 0.312 e. The third-order valence-corrected chi connectivity index (χ3v) is 5.31. The van der Waals surface area contributed by atoms with E-state index in [0.29, 0.717) is 22.9 Å². The van der Waals surface area contributed by atoms with Crippen LogP contribution in [-0.2, 0) is 17.9 Å². The molecule has 33 heavy (non-hydrogen) atoms. The van der Waals surface area contributed by atoms with E-state index in [4.69, 9.17) is 16.3 Å². The molecule has 2 amide bonds. The lowest BCUT2D eigenvalue weighted by molar-refractivity contribution is -0.386. The molecule has 0 saturated carbocycles. The van der Waals surface area contributed by atoms with Gasteiger partial charge in [-0.3, -0.25) is 35.2 Å². The van der Waals surface area contributed by atoms with E-state index >= 15 is 0 Å². The van der Waals surface area contributed by atoms with Crippen LogP contribution in [0, 0.1) is 30.9 Å². The van der Waals surface area contributed by atoms with Crippen LogP contribution in [0.2, 0.25) is 5.02 Å². The van der Waals surface area contributed by atoms with Crippen molar-refractivity contribution in [2.45, 2.75) is 33.9 Å². The number of nitrogens with zero attached hydrogens (tertiary/aromatic N) is 3. The second-order valence-electron chi connectivity index (χ2n) is 7.33. The number of benzene rings is 2. The summed E-state index contributed by atoms with van der Waals surface area (Å²) in [4.78, 5) is 34.9. The number of aryl methyl sites for hydroxylation is 2. The Bertz CT molecular complexity index is 1210. The summed E-state index contributed by atoms with van der Waals surface area (Å²) in [5, 5.41) is 15.7. The van der Waals surface area contributed by atoms with Crippen molar-refractivity contribution >= 4 is 29.1 Å². The summed E-state index contributed by atoms with van der Waals surface area (Å²) in [7, 11) is 0. The minimum absolute atomic E-state index is 0.137. The molecule has 0 aliphatic heterocycles. The van der Waals surface area contributed by atoms with Gasteiger partial charge < -0.3 is 4.74 Å². The monoisotopic (exact) mass is 471 g/mol. The molecule has 0 unspecified atom stereocenters. The number of hydrogen-bond donors (Lipinski definition) is 2. The molecule has 0 radical (unpaired) electrons. The van der Waals surface area contributed by atoms with E-state index < -0.39 is 16.7 Å². The highest BCUT2D eigenvalue weighted by molar-refractivity contribution is 6.31. The number of nitro groups is 1. The molecular weight excluding hydrogens is 450 g/mol. The van der Waals surface area contributed by atoms with Crippen LogP contribution in [0.5, 0.6) is 5.75 Å². The van der Waals surface area contributed by atoms with Crippen LogP contribution in [0.3, 0.4) is 0 Å². The Labute approximate surface area is 194 Å². The summed E-state index contributed by atoms with van der Waals surface area (Å²) in [6, 6.07) is 12.1. The van der Waals surface area contributed by atoms with E-state index in [0.717, 1.165) is 11.1 Å². The van der Waals surface area contributed by atoms with E-state index in [9.17, 15) is 19.7 Å². The van der Waals surface area contributed by atoms with Crippen LogP contribution >= 0.6 is 11.6 Å². The Morgan fingerprint density at radius 1 is 1.12 bits per heavy atom. The zero-order chi connectivity index (χ0) is 24.1. The first kappa shape index (κ1) is 23.7. The van der Waals surface area contributed by atoms with Gasteiger partial charge in [-0.1, -0.05) is 23.7 Å². The summed E-state index contributed by atoms with van der Waals surface area (Å²) >= 11 is 6.01. The average Bonchev–Trinajstić information content (AvgIpc) is 3.06. The third kappa shape index (κ3) is 5.86. The molecule has 0 aliphatic rings. The van der Waals surface area contributed by atoms with E-state index in [2.05, 4.69) is 16.0 Å². The van der Waals surface area contributed by atoms with Gasteiger partial charge in [0.2, 0.25) is 0 Å². The van der Waals surface area contributed by atoms with E-state index in [1.54, 1.807) is 36.4 Å². The molecule has 1 heterocycles. The van der Waals surface area contributed by atoms with Crippen molar-refractivity contribution in [1.82, 2.24) is 20.6 Å². The Hall–Kier alpha value is -3.92. The first-order valence-corrected chi connectivity index (χ1v) is 10.3. The predicted molar refractivity (Wildman–Crippen MR) is 121 cm³/mol. The number of rotatable bonds is 7. The summed E-state index contributed by atoms with van der Waals surface area (Å²) in [6.07, 6.45) is 0. The van der Waals surface area contributed by atoms with Crippen molar-refractivity contribution in [2.24, 2.45) is 0 Å². The summed E-state index contributed by atoms with van der Waals surface area (Å²) in [6.45, 7) is 4.92. The van der Waals surface area contributed by atoms with Crippen molar-refractivity contribution in [2.75, 3.05) is 0 Å². The largest absolute Gasteiger partial charge is 0.489 e. The molecule has 10 nitrogen and oxygen atoms in total. The van der Waals surface area contributed by atoms with E-state index in [1.165, 1.54) is 18.5 Å². The smallest absolute Gasteiger partial charge is 0.312 e. The SMILES string of the molecule is Cc1cc(OCc2ccc(C(=O)NNC(=O)Cn3nc(C)c([N+](=O)[O-])c3C)cc2)ccc1Cl. The third-order valence-electron chi connectivity index (χ3n) is 4.89. The lowest BCUT2D eigenvalue weighted by atomic mass is 10.1. The van der Waals surface area contributed by atoms with Crippen molar-refractivity contribution in [3.8, 4) is 5.75 Å². The first-order valence-electron chi connectivity index (χ1n) is 9.91. The van der Waals surface area contributed by atoms with Crippen LogP contribution in [0.25, 0.3) is 0 Å². The molecule has 2 N–H and O–H groups in total. The number of aromatic nitrogens is 2. The standard InChI is InChI=1S/C22H22ClN5O5/c1-13-10-18(8-9-19(13)23)33-12-16-4-6-17(7-5-16)22(30)25-24-20(29)11-27-15(3)21(28(31)32)14(2)26-27/h4-10H,11-12H2,1-3H3,(H,24,29)(H,25,30). The topological polar surface area (TPSA) is 128 Å². The van der Waals surface area contributed by atoms with Gasteiger partial charge >= 0.3 is 5.69 Å². The summed E-state index contributed by atoms with van der Waals surface area (Å²) in [5.74, 6) is -0.398. The average molecular weight is 472 g/mol. The molecule has 2 aromatic carbocycles. The van der Waals surface area contributed by atoms with Crippen molar-refractivity contribution in [1.29, 1.82) is 0 Å². The number of carbonyl (C=O) groups excluding carboxylic acids is 2. The fourth-order valence-electron chi connectivity index (χ4n) is 3.11. The Morgan fingerprint density at radius 2 is 1.82 bits per heavy atom. The maximum atomic E-state index is 12.3. The summed E-state index contributed by atoms with van der Waals surface area (Å²) in [5.41, 5.74) is 7.03. The molecule has 1 aromatic heterocycles. The number of carbonyl (C=O) groups is 2. The lowest BCUT2D eigenvalue weighted by Crippen LogP contribution is -2.43. The van der Waals surface area contributed by atoms with Crippen molar-refractivity contribution in [3.05, 3.63) is 85.7 Å². The zero-order valence-electron chi connectivity index (χ0n) is 18.2. The molecule has 0 bridgehead atoms. The maximum absolute atomic E-state index is 12.3. The van der Waals surface area contributed by atoms with E-state index in [1.807, 2.05) is 13.0 Å². The molecular formula is C22H22ClN5O5.